The molecule has 0 radical (unpaired) electrons. The first-order chi connectivity index (χ1) is 39.0. The highest BCUT2D eigenvalue weighted by Crippen LogP contribution is 2.18. The zero-order valence-electron chi connectivity index (χ0n) is 53.4. The Hall–Kier alpha value is -1.92. The number of nitrogens with one attached hydrogen (secondary N) is 1. The Labute approximate surface area is 494 Å². The van der Waals surface area contributed by atoms with Crippen LogP contribution in [0.1, 0.15) is 393 Å². The summed E-state index contributed by atoms with van der Waals surface area (Å²) in [5.41, 5.74) is 0. The van der Waals surface area contributed by atoms with Crippen LogP contribution in [0.25, 0.3) is 0 Å². The smallest absolute Gasteiger partial charge is 0.305 e. The highest BCUT2D eigenvalue weighted by atomic mass is 16.5. The van der Waals surface area contributed by atoms with E-state index in [0.717, 1.165) is 51.4 Å². The second kappa shape index (κ2) is 68.6. The van der Waals surface area contributed by atoms with Gasteiger partial charge in [-0.1, -0.05) is 333 Å². The van der Waals surface area contributed by atoms with Gasteiger partial charge >= 0.3 is 5.97 Å². The van der Waals surface area contributed by atoms with E-state index in [4.69, 9.17) is 4.74 Å². The van der Waals surface area contributed by atoms with Crippen LogP contribution in [-0.4, -0.2) is 47.4 Å². The number of aliphatic hydroxyl groups excluding tert-OH is 2. The Kier molecular flexibility index (Phi) is 66.9. The number of carbonyl (C=O) groups is 2. The molecule has 0 aromatic rings. The summed E-state index contributed by atoms with van der Waals surface area (Å²) in [4.78, 5) is 24.5. The zero-order chi connectivity index (χ0) is 57.1. The van der Waals surface area contributed by atoms with Crippen LogP contribution in [0, 0.1) is 0 Å². The molecule has 2 atom stereocenters. The lowest BCUT2D eigenvalue weighted by Gasteiger charge is -2.22. The monoisotopic (exact) mass is 1110 g/mol. The molecule has 6 nitrogen and oxygen atoms in total. The van der Waals surface area contributed by atoms with E-state index in [-0.39, 0.29) is 18.5 Å². The average molecular weight is 1110 g/mol. The van der Waals surface area contributed by atoms with Crippen molar-refractivity contribution in [2.75, 3.05) is 13.2 Å². The summed E-state index contributed by atoms with van der Waals surface area (Å²) in [6, 6.07) is -0.537. The lowest BCUT2D eigenvalue weighted by molar-refractivity contribution is -0.143. The average Bonchev–Trinajstić information content (AvgIpc) is 3.45. The van der Waals surface area contributed by atoms with Crippen LogP contribution in [-0.2, 0) is 14.3 Å². The van der Waals surface area contributed by atoms with Crippen LogP contribution < -0.4 is 5.32 Å². The number of carbonyl (C=O) groups excluding carboxylic acids is 2. The molecule has 0 fully saturated rings. The molecule has 0 aromatic heterocycles. The number of amides is 1. The topological polar surface area (TPSA) is 95.9 Å². The first-order valence-corrected chi connectivity index (χ1v) is 35.7. The standard InChI is InChI=1S/C73H139NO5/c1-3-5-7-9-11-13-14-15-16-17-38-41-44-47-51-55-59-63-67-73(78)79-68-64-60-56-52-48-45-42-39-36-34-32-30-28-26-24-22-20-18-19-21-23-25-27-29-31-33-35-37-40-43-46-50-54-58-62-66-72(77)74-70(69-75)71(76)65-61-57-53-49-12-10-8-6-4-2/h16-17,20,22,26,28,70-71,75-76H,3-15,18-19,21,23-25,27,29-69H2,1-2H3,(H,74,77)/b17-16-,22-20-,28-26-. The van der Waals surface area contributed by atoms with Crippen LogP contribution in [0.15, 0.2) is 36.5 Å². The van der Waals surface area contributed by atoms with Gasteiger partial charge in [0.15, 0.2) is 0 Å². The van der Waals surface area contributed by atoms with Gasteiger partial charge in [0.05, 0.1) is 25.4 Å². The first-order valence-electron chi connectivity index (χ1n) is 35.7. The van der Waals surface area contributed by atoms with E-state index in [1.165, 1.54) is 308 Å². The van der Waals surface area contributed by atoms with Crippen molar-refractivity contribution in [1.29, 1.82) is 0 Å². The fraction of sp³-hybridized carbons (Fsp3) is 0.890. The Morgan fingerprint density at radius 2 is 0.633 bits per heavy atom. The molecule has 6 heteroatoms. The fourth-order valence-corrected chi connectivity index (χ4v) is 11.2. The molecule has 0 spiro atoms. The molecule has 3 N–H and O–H groups in total. The minimum Gasteiger partial charge on any atom is -0.466 e. The minimum atomic E-state index is -0.660. The van der Waals surface area contributed by atoms with Crippen LogP contribution in [0.3, 0.4) is 0 Å². The molecule has 0 aliphatic rings. The van der Waals surface area contributed by atoms with Crippen molar-refractivity contribution in [3.05, 3.63) is 36.5 Å². The fourth-order valence-electron chi connectivity index (χ4n) is 11.2. The van der Waals surface area contributed by atoms with Crippen LogP contribution in [0.2, 0.25) is 0 Å². The van der Waals surface area contributed by atoms with Gasteiger partial charge in [-0.2, -0.15) is 0 Å². The summed E-state index contributed by atoms with van der Waals surface area (Å²) in [6.07, 6.45) is 87.9. The summed E-state index contributed by atoms with van der Waals surface area (Å²) >= 11 is 0. The second-order valence-electron chi connectivity index (χ2n) is 24.6. The molecule has 0 bridgehead atoms. The highest BCUT2D eigenvalue weighted by molar-refractivity contribution is 5.76. The SMILES string of the molecule is CCCCCCCCC/C=C\CCCCCCCCCC(=O)OCCCCCCCCCCCCC/C=C\C/C=C\CCCCCCCCCCCCCCCCCCCC(=O)NC(CO)C(O)CCCCCCCCCCC. The third-order valence-electron chi connectivity index (χ3n) is 16.7. The van der Waals surface area contributed by atoms with Crippen molar-refractivity contribution in [3.63, 3.8) is 0 Å². The summed E-state index contributed by atoms with van der Waals surface area (Å²) in [7, 11) is 0. The number of unbranched alkanes of at least 4 members (excludes halogenated alkanes) is 50. The molecular formula is C73H139NO5. The van der Waals surface area contributed by atoms with Crippen molar-refractivity contribution in [1.82, 2.24) is 5.32 Å². The Morgan fingerprint density at radius 1 is 0.354 bits per heavy atom. The summed E-state index contributed by atoms with van der Waals surface area (Å²) in [6.45, 7) is 4.95. The van der Waals surface area contributed by atoms with E-state index < -0.39 is 12.1 Å². The lowest BCUT2D eigenvalue weighted by Crippen LogP contribution is -2.45. The number of ether oxygens (including phenoxy) is 1. The molecular weight excluding hydrogens is 971 g/mol. The van der Waals surface area contributed by atoms with Gasteiger partial charge < -0.3 is 20.3 Å². The maximum absolute atomic E-state index is 12.4. The molecule has 466 valence electrons. The van der Waals surface area contributed by atoms with E-state index >= 15 is 0 Å². The van der Waals surface area contributed by atoms with Gasteiger partial charge in [0.1, 0.15) is 0 Å². The van der Waals surface area contributed by atoms with Crippen LogP contribution >= 0.6 is 0 Å². The number of hydrogen-bond acceptors (Lipinski definition) is 5. The van der Waals surface area contributed by atoms with Gasteiger partial charge in [0, 0.05) is 12.8 Å². The maximum atomic E-state index is 12.4. The molecule has 0 saturated carbocycles. The van der Waals surface area contributed by atoms with Gasteiger partial charge in [-0.25, -0.2) is 0 Å². The predicted molar refractivity (Wildman–Crippen MR) is 347 cm³/mol. The normalized spacial score (nSPS) is 12.7. The minimum absolute atomic E-state index is 0.0142. The molecule has 0 aliphatic carbocycles. The molecule has 0 aliphatic heterocycles. The van der Waals surface area contributed by atoms with Gasteiger partial charge in [0.25, 0.3) is 0 Å². The summed E-state index contributed by atoms with van der Waals surface area (Å²) < 4.78 is 5.50. The number of hydrogen-bond donors (Lipinski definition) is 3. The first kappa shape index (κ1) is 77.1. The molecule has 0 saturated heterocycles. The largest absolute Gasteiger partial charge is 0.466 e. The highest BCUT2D eigenvalue weighted by Gasteiger charge is 2.20. The third kappa shape index (κ3) is 65.1. The third-order valence-corrected chi connectivity index (χ3v) is 16.7. The molecule has 79 heavy (non-hydrogen) atoms. The van der Waals surface area contributed by atoms with Crippen LogP contribution in [0.5, 0.6) is 0 Å². The van der Waals surface area contributed by atoms with Gasteiger partial charge in [-0.3, -0.25) is 9.59 Å². The summed E-state index contributed by atoms with van der Waals surface area (Å²) in [5, 5.41) is 23.1. The number of allylic oxidation sites excluding steroid dienone is 6. The van der Waals surface area contributed by atoms with E-state index in [9.17, 15) is 19.8 Å². The van der Waals surface area contributed by atoms with Crippen molar-refractivity contribution in [2.45, 2.75) is 405 Å². The van der Waals surface area contributed by atoms with Crippen molar-refractivity contribution in [2.24, 2.45) is 0 Å². The Bertz CT molecular complexity index is 1280. The van der Waals surface area contributed by atoms with E-state index in [2.05, 4.69) is 55.6 Å². The van der Waals surface area contributed by atoms with Crippen molar-refractivity contribution in [3.8, 4) is 0 Å². The van der Waals surface area contributed by atoms with Crippen molar-refractivity contribution < 1.29 is 24.5 Å². The van der Waals surface area contributed by atoms with E-state index in [1.54, 1.807) is 0 Å². The number of aliphatic hydroxyl groups is 2. The Balaban J connectivity index is 3.33. The second-order valence-corrected chi connectivity index (χ2v) is 24.6. The molecule has 0 rings (SSSR count). The quantitative estimate of drug-likeness (QED) is 0.0320. The van der Waals surface area contributed by atoms with Crippen molar-refractivity contribution >= 4 is 11.9 Å². The molecule has 0 heterocycles. The van der Waals surface area contributed by atoms with Gasteiger partial charge in [0.2, 0.25) is 5.91 Å². The zero-order valence-corrected chi connectivity index (χ0v) is 53.4. The number of esters is 1. The maximum Gasteiger partial charge on any atom is 0.305 e. The molecule has 0 aromatic carbocycles. The number of rotatable bonds is 67. The summed E-state index contributed by atoms with van der Waals surface area (Å²) in [5.74, 6) is -0.0195. The van der Waals surface area contributed by atoms with E-state index in [1.807, 2.05) is 0 Å². The molecule has 2 unspecified atom stereocenters. The van der Waals surface area contributed by atoms with Gasteiger partial charge in [-0.05, 0) is 83.5 Å². The van der Waals surface area contributed by atoms with E-state index in [0.29, 0.717) is 25.9 Å². The van der Waals surface area contributed by atoms with Crippen LogP contribution in [0.4, 0.5) is 0 Å². The molecule has 1 amide bonds. The van der Waals surface area contributed by atoms with Gasteiger partial charge in [-0.15, -0.1) is 0 Å². The Morgan fingerprint density at radius 3 is 0.975 bits per heavy atom. The lowest BCUT2D eigenvalue weighted by atomic mass is 10.0. The predicted octanol–water partition coefficient (Wildman–Crippen LogP) is 23.1.